The van der Waals surface area contributed by atoms with E-state index in [1.165, 1.54) is 18.2 Å². The van der Waals surface area contributed by atoms with Gasteiger partial charge in [0.1, 0.15) is 0 Å². The lowest BCUT2D eigenvalue weighted by Crippen LogP contribution is -2.40. The van der Waals surface area contributed by atoms with Crippen molar-refractivity contribution in [3.8, 4) is 0 Å². The Morgan fingerprint density at radius 1 is 1.48 bits per heavy atom. The molecule has 1 amide bonds. The molecule has 0 spiro atoms. The zero-order valence-corrected chi connectivity index (χ0v) is 12.0. The van der Waals surface area contributed by atoms with Gasteiger partial charge in [0, 0.05) is 37.3 Å². The molecule has 0 aliphatic carbocycles. The van der Waals surface area contributed by atoms with Crippen LogP contribution in [0.25, 0.3) is 6.08 Å². The minimum absolute atomic E-state index is 0.0236. The highest BCUT2D eigenvalue weighted by atomic mass is 16.6. The summed E-state index contributed by atoms with van der Waals surface area (Å²) in [6.45, 7) is 4.43. The van der Waals surface area contributed by atoms with Crippen molar-refractivity contribution in [3.05, 3.63) is 46.0 Å². The Morgan fingerprint density at radius 2 is 2.19 bits per heavy atom. The van der Waals surface area contributed by atoms with Crippen LogP contribution < -0.4 is 5.32 Å². The third-order valence-corrected chi connectivity index (χ3v) is 3.62. The minimum atomic E-state index is -0.440. The number of amides is 1. The van der Waals surface area contributed by atoms with Crippen LogP contribution in [0.3, 0.4) is 0 Å². The van der Waals surface area contributed by atoms with Gasteiger partial charge in [0.25, 0.3) is 5.69 Å². The van der Waals surface area contributed by atoms with E-state index in [9.17, 15) is 14.9 Å². The normalized spacial score (nSPS) is 18.0. The maximum Gasteiger partial charge on any atom is 0.269 e. The van der Waals surface area contributed by atoms with Crippen molar-refractivity contribution < 1.29 is 9.72 Å². The van der Waals surface area contributed by atoms with Crippen LogP contribution in [0.15, 0.2) is 30.3 Å². The molecule has 1 aromatic carbocycles. The van der Waals surface area contributed by atoms with Gasteiger partial charge in [-0.2, -0.15) is 0 Å². The number of carbonyl (C=O) groups excluding carboxylic acids is 1. The average molecular weight is 289 g/mol. The number of hydrogen-bond donors (Lipinski definition) is 1. The van der Waals surface area contributed by atoms with Gasteiger partial charge in [-0.25, -0.2) is 0 Å². The molecule has 112 valence electrons. The van der Waals surface area contributed by atoms with Gasteiger partial charge in [0.2, 0.25) is 5.91 Å². The molecular formula is C15H19N3O3. The molecule has 1 unspecified atom stereocenters. The summed E-state index contributed by atoms with van der Waals surface area (Å²) in [5, 5.41) is 13.8. The smallest absolute Gasteiger partial charge is 0.269 e. The molecule has 1 aromatic rings. The number of nitro groups is 1. The molecule has 1 fully saturated rings. The van der Waals surface area contributed by atoms with Crippen LogP contribution in [0.4, 0.5) is 5.69 Å². The number of non-ortho nitro benzene ring substituents is 1. The Labute approximate surface area is 123 Å². The Hall–Kier alpha value is -2.21. The first-order chi connectivity index (χ1) is 10.1. The van der Waals surface area contributed by atoms with Gasteiger partial charge in [-0.05, 0) is 43.7 Å². The van der Waals surface area contributed by atoms with Crippen molar-refractivity contribution in [2.45, 2.75) is 19.4 Å². The SMILES string of the molecule is CCN(C(=O)C=Cc1ccc([N+](=O)[O-])cc1)C1CCNC1. The van der Waals surface area contributed by atoms with Gasteiger partial charge in [-0.15, -0.1) is 0 Å². The van der Waals surface area contributed by atoms with Gasteiger partial charge in [-0.1, -0.05) is 0 Å². The predicted octanol–water partition coefficient (Wildman–Crippen LogP) is 1.82. The van der Waals surface area contributed by atoms with Crippen LogP contribution in [-0.4, -0.2) is 41.4 Å². The number of hydrogen-bond acceptors (Lipinski definition) is 4. The van der Waals surface area contributed by atoms with Crippen molar-refractivity contribution in [2.24, 2.45) is 0 Å². The van der Waals surface area contributed by atoms with Gasteiger partial charge < -0.3 is 10.2 Å². The van der Waals surface area contributed by atoms with Gasteiger partial charge in [0.05, 0.1) is 4.92 Å². The molecule has 21 heavy (non-hydrogen) atoms. The van der Waals surface area contributed by atoms with Crippen LogP contribution in [0.1, 0.15) is 18.9 Å². The fraction of sp³-hybridized carbons (Fsp3) is 0.400. The largest absolute Gasteiger partial charge is 0.335 e. The Kier molecular flexibility index (Phi) is 5.05. The summed E-state index contributed by atoms with van der Waals surface area (Å²) >= 11 is 0. The Morgan fingerprint density at radius 3 is 2.71 bits per heavy atom. The van der Waals surface area contributed by atoms with Crippen LogP contribution >= 0.6 is 0 Å². The lowest BCUT2D eigenvalue weighted by molar-refractivity contribution is -0.384. The molecule has 0 radical (unpaired) electrons. The second kappa shape index (κ2) is 6.99. The van der Waals surface area contributed by atoms with Crippen LogP contribution in [-0.2, 0) is 4.79 Å². The molecular weight excluding hydrogens is 270 g/mol. The second-order valence-electron chi connectivity index (χ2n) is 4.95. The highest BCUT2D eigenvalue weighted by Crippen LogP contribution is 2.14. The Balaban J connectivity index is 2.01. The quantitative estimate of drug-likeness (QED) is 0.509. The van der Waals surface area contributed by atoms with E-state index in [1.807, 2.05) is 11.8 Å². The second-order valence-corrected chi connectivity index (χ2v) is 4.95. The number of benzene rings is 1. The first-order valence-corrected chi connectivity index (χ1v) is 7.05. The molecule has 1 atom stereocenters. The third-order valence-electron chi connectivity index (χ3n) is 3.62. The molecule has 0 bridgehead atoms. The predicted molar refractivity (Wildman–Crippen MR) is 80.8 cm³/mol. The topological polar surface area (TPSA) is 75.5 Å². The molecule has 1 heterocycles. The van der Waals surface area contributed by atoms with Crippen molar-refractivity contribution in [3.63, 3.8) is 0 Å². The van der Waals surface area contributed by atoms with E-state index >= 15 is 0 Å². The van der Waals surface area contributed by atoms with Crippen LogP contribution in [0.5, 0.6) is 0 Å². The molecule has 0 aromatic heterocycles. The van der Waals surface area contributed by atoms with Crippen LogP contribution in [0, 0.1) is 10.1 Å². The molecule has 1 aliphatic heterocycles. The van der Waals surface area contributed by atoms with Crippen molar-refractivity contribution in [1.82, 2.24) is 10.2 Å². The zero-order chi connectivity index (χ0) is 15.2. The average Bonchev–Trinajstić information content (AvgIpc) is 3.00. The fourth-order valence-electron chi connectivity index (χ4n) is 2.47. The van der Waals surface area contributed by atoms with E-state index in [-0.39, 0.29) is 17.6 Å². The highest BCUT2D eigenvalue weighted by Gasteiger charge is 2.23. The number of nitrogens with one attached hydrogen (secondary N) is 1. The Bertz CT molecular complexity index is 534. The molecule has 6 heteroatoms. The summed E-state index contributed by atoms with van der Waals surface area (Å²) in [7, 11) is 0. The summed E-state index contributed by atoms with van der Waals surface area (Å²) in [6, 6.07) is 6.39. The van der Waals surface area contributed by atoms with Gasteiger partial charge in [0.15, 0.2) is 0 Å². The minimum Gasteiger partial charge on any atom is -0.335 e. The van der Waals surface area contributed by atoms with E-state index in [0.29, 0.717) is 6.54 Å². The van der Waals surface area contributed by atoms with E-state index in [1.54, 1.807) is 18.2 Å². The van der Waals surface area contributed by atoms with Crippen LogP contribution in [0.2, 0.25) is 0 Å². The number of rotatable bonds is 5. The molecule has 1 N–H and O–H groups in total. The summed E-state index contributed by atoms with van der Waals surface area (Å²) in [6.07, 6.45) is 4.20. The van der Waals surface area contributed by atoms with Crippen molar-refractivity contribution >= 4 is 17.7 Å². The number of nitrogens with zero attached hydrogens (tertiary/aromatic N) is 2. The zero-order valence-electron chi connectivity index (χ0n) is 12.0. The van der Waals surface area contributed by atoms with Gasteiger partial charge >= 0.3 is 0 Å². The van der Waals surface area contributed by atoms with E-state index in [0.717, 1.165) is 25.1 Å². The third kappa shape index (κ3) is 3.88. The first-order valence-electron chi connectivity index (χ1n) is 7.05. The summed E-state index contributed by atoms with van der Waals surface area (Å²) < 4.78 is 0. The number of nitro benzene ring substituents is 1. The maximum atomic E-state index is 12.2. The monoisotopic (exact) mass is 289 g/mol. The number of likely N-dealkylation sites (N-methyl/N-ethyl adjacent to an activating group) is 1. The lowest BCUT2D eigenvalue weighted by Gasteiger charge is -2.25. The molecule has 6 nitrogen and oxygen atoms in total. The van der Waals surface area contributed by atoms with Gasteiger partial charge in [-0.3, -0.25) is 14.9 Å². The van der Waals surface area contributed by atoms with E-state index < -0.39 is 4.92 Å². The molecule has 0 saturated carbocycles. The molecule has 2 rings (SSSR count). The summed E-state index contributed by atoms with van der Waals surface area (Å²) in [4.78, 5) is 24.2. The summed E-state index contributed by atoms with van der Waals surface area (Å²) in [5.74, 6) is -0.0236. The number of carbonyl (C=O) groups is 1. The van der Waals surface area contributed by atoms with Crippen molar-refractivity contribution in [2.75, 3.05) is 19.6 Å². The highest BCUT2D eigenvalue weighted by molar-refractivity contribution is 5.92. The molecule has 1 aliphatic rings. The fourth-order valence-corrected chi connectivity index (χ4v) is 2.47. The van der Waals surface area contributed by atoms with E-state index in [4.69, 9.17) is 0 Å². The lowest BCUT2D eigenvalue weighted by atomic mass is 10.1. The van der Waals surface area contributed by atoms with Crippen molar-refractivity contribution in [1.29, 1.82) is 0 Å². The molecule has 1 saturated heterocycles. The summed E-state index contributed by atoms with van der Waals surface area (Å²) in [5.41, 5.74) is 0.820. The van der Waals surface area contributed by atoms with E-state index in [2.05, 4.69) is 5.32 Å². The first kappa shape index (κ1) is 15.2. The maximum absolute atomic E-state index is 12.2. The standard InChI is InChI=1S/C15H19N3O3/c1-2-17(14-9-10-16-11-14)15(19)8-5-12-3-6-13(7-4-12)18(20)21/h3-8,14,16H,2,9-11H2,1H3.